The summed E-state index contributed by atoms with van der Waals surface area (Å²) in [6.07, 6.45) is 0.353. The highest BCUT2D eigenvalue weighted by molar-refractivity contribution is 6.32. The van der Waals surface area contributed by atoms with Gasteiger partial charge in [0.25, 0.3) is 11.5 Å². The number of hydrogen-bond donors (Lipinski definition) is 2. The van der Waals surface area contributed by atoms with Gasteiger partial charge < -0.3 is 0 Å². The summed E-state index contributed by atoms with van der Waals surface area (Å²) in [5.41, 5.74) is 3.74. The number of carbonyl (C=O) groups excluding carboxylic acids is 1. The van der Waals surface area contributed by atoms with E-state index in [-0.39, 0.29) is 5.56 Å². The van der Waals surface area contributed by atoms with Gasteiger partial charge in [0.1, 0.15) is 5.82 Å². The molecule has 1 aromatic heterocycles. The molecule has 4 aromatic rings. The number of benzene rings is 3. The van der Waals surface area contributed by atoms with Crippen LogP contribution in [-0.2, 0) is 6.42 Å². The van der Waals surface area contributed by atoms with Crippen LogP contribution in [0.15, 0.2) is 77.6 Å². The first kappa shape index (κ1) is 18.9. The summed E-state index contributed by atoms with van der Waals surface area (Å²) < 4.78 is 1.53. The molecule has 0 unspecified atom stereocenters. The van der Waals surface area contributed by atoms with Crippen molar-refractivity contribution in [1.82, 2.24) is 15.0 Å². The van der Waals surface area contributed by atoms with Crippen molar-refractivity contribution < 1.29 is 10.0 Å². The fourth-order valence-electron chi connectivity index (χ4n) is 3.20. The van der Waals surface area contributed by atoms with Crippen LogP contribution in [0.5, 0.6) is 0 Å². The molecule has 4 rings (SSSR count). The van der Waals surface area contributed by atoms with Gasteiger partial charge in [0.2, 0.25) is 0 Å². The molecule has 6 nitrogen and oxygen atoms in total. The molecule has 0 saturated heterocycles. The molecule has 1 amide bonds. The van der Waals surface area contributed by atoms with E-state index in [1.807, 2.05) is 12.1 Å². The second-order valence-electron chi connectivity index (χ2n) is 6.45. The molecule has 0 aliphatic carbocycles. The molecule has 0 saturated carbocycles. The molecule has 0 fully saturated rings. The van der Waals surface area contributed by atoms with Gasteiger partial charge in [0, 0.05) is 12.0 Å². The highest BCUT2D eigenvalue weighted by atomic mass is 35.5. The maximum absolute atomic E-state index is 13.3. The standard InChI is InChI=1S/C22H16ClN3O3/c23-17-6-2-4-8-19(17)26-20(24-18-7-3-1-5-16(18)22(26)28)13-14-9-11-15(12-10-14)21(27)25-29/h1-12,29H,13H2,(H,25,27). The topological polar surface area (TPSA) is 84.2 Å². The highest BCUT2D eigenvalue weighted by Crippen LogP contribution is 2.22. The van der Waals surface area contributed by atoms with E-state index in [2.05, 4.69) is 0 Å². The van der Waals surface area contributed by atoms with E-state index >= 15 is 0 Å². The van der Waals surface area contributed by atoms with Gasteiger partial charge in [-0.15, -0.1) is 0 Å². The lowest BCUT2D eigenvalue weighted by Crippen LogP contribution is -2.24. The number of nitrogens with zero attached hydrogens (tertiary/aromatic N) is 2. The zero-order valence-corrected chi connectivity index (χ0v) is 15.9. The Morgan fingerprint density at radius 1 is 1.00 bits per heavy atom. The number of nitrogens with one attached hydrogen (secondary N) is 1. The largest absolute Gasteiger partial charge is 0.288 e. The zero-order valence-electron chi connectivity index (χ0n) is 15.2. The number of hydrogen-bond acceptors (Lipinski definition) is 4. The molecule has 7 heteroatoms. The van der Waals surface area contributed by atoms with E-state index in [9.17, 15) is 9.59 Å². The van der Waals surface area contributed by atoms with Gasteiger partial charge in [-0.3, -0.25) is 19.4 Å². The molecule has 1 heterocycles. The summed E-state index contributed by atoms with van der Waals surface area (Å²) >= 11 is 6.37. The predicted octanol–water partition coefficient (Wildman–Crippen LogP) is 3.75. The molecular formula is C22H16ClN3O3. The van der Waals surface area contributed by atoms with Gasteiger partial charge in [-0.1, -0.05) is 48.0 Å². The van der Waals surface area contributed by atoms with Gasteiger partial charge in [0.15, 0.2) is 0 Å². The number of aromatic nitrogens is 2. The summed E-state index contributed by atoms with van der Waals surface area (Å²) in [4.78, 5) is 29.5. The first-order chi connectivity index (χ1) is 14.1. The van der Waals surface area contributed by atoms with Gasteiger partial charge >= 0.3 is 0 Å². The van der Waals surface area contributed by atoms with E-state index in [0.29, 0.717) is 39.4 Å². The zero-order chi connectivity index (χ0) is 20.4. The second-order valence-corrected chi connectivity index (χ2v) is 6.86. The first-order valence-electron chi connectivity index (χ1n) is 8.87. The number of halogens is 1. The van der Waals surface area contributed by atoms with Crippen molar-refractivity contribution in [2.45, 2.75) is 6.42 Å². The number of rotatable bonds is 4. The maximum Gasteiger partial charge on any atom is 0.274 e. The van der Waals surface area contributed by atoms with Crippen LogP contribution in [0.3, 0.4) is 0 Å². The average Bonchev–Trinajstić information content (AvgIpc) is 2.75. The summed E-state index contributed by atoms with van der Waals surface area (Å²) in [5.74, 6) is -0.0606. The Hall–Kier alpha value is -3.48. The first-order valence-corrected chi connectivity index (χ1v) is 9.25. The number of fused-ring (bicyclic) bond motifs is 1. The fourth-order valence-corrected chi connectivity index (χ4v) is 3.42. The third-order valence-electron chi connectivity index (χ3n) is 4.62. The Bertz CT molecular complexity index is 1270. The van der Waals surface area contributed by atoms with Crippen LogP contribution in [0.1, 0.15) is 21.7 Å². The smallest absolute Gasteiger partial charge is 0.274 e. The van der Waals surface area contributed by atoms with E-state index < -0.39 is 5.91 Å². The lowest BCUT2D eigenvalue weighted by molar-refractivity contribution is 0.0706. The van der Waals surface area contributed by atoms with Crippen LogP contribution < -0.4 is 11.0 Å². The minimum absolute atomic E-state index is 0.199. The van der Waals surface area contributed by atoms with Crippen molar-refractivity contribution in [2.24, 2.45) is 0 Å². The molecule has 0 aliphatic heterocycles. The van der Waals surface area contributed by atoms with E-state index in [4.69, 9.17) is 21.8 Å². The molecule has 0 aliphatic rings. The van der Waals surface area contributed by atoms with Crippen molar-refractivity contribution >= 4 is 28.4 Å². The lowest BCUT2D eigenvalue weighted by Gasteiger charge is -2.15. The minimum Gasteiger partial charge on any atom is -0.288 e. The van der Waals surface area contributed by atoms with Crippen molar-refractivity contribution in [3.8, 4) is 5.69 Å². The van der Waals surface area contributed by atoms with Crippen LogP contribution in [0.4, 0.5) is 0 Å². The van der Waals surface area contributed by atoms with Crippen molar-refractivity contribution in [1.29, 1.82) is 0 Å². The Morgan fingerprint density at radius 2 is 1.69 bits per heavy atom. The number of amides is 1. The molecule has 0 spiro atoms. The number of hydroxylamine groups is 1. The number of para-hydroxylation sites is 2. The van der Waals surface area contributed by atoms with Gasteiger partial charge in [-0.25, -0.2) is 10.5 Å². The summed E-state index contributed by atoms with van der Waals surface area (Å²) in [6, 6.07) is 21.0. The van der Waals surface area contributed by atoms with Gasteiger partial charge in [0.05, 0.1) is 21.6 Å². The molecular weight excluding hydrogens is 390 g/mol. The van der Waals surface area contributed by atoms with E-state index in [0.717, 1.165) is 5.56 Å². The van der Waals surface area contributed by atoms with Crippen molar-refractivity contribution in [2.75, 3.05) is 0 Å². The van der Waals surface area contributed by atoms with E-state index in [1.165, 1.54) is 4.57 Å². The summed E-state index contributed by atoms with van der Waals surface area (Å²) in [7, 11) is 0. The third kappa shape index (κ3) is 3.63. The molecule has 144 valence electrons. The third-order valence-corrected chi connectivity index (χ3v) is 4.94. The Balaban J connectivity index is 1.87. The molecule has 3 aromatic carbocycles. The molecule has 2 N–H and O–H groups in total. The van der Waals surface area contributed by atoms with Crippen molar-refractivity contribution in [3.63, 3.8) is 0 Å². The van der Waals surface area contributed by atoms with Crippen LogP contribution >= 0.6 is 11.6 Å². The summed E-state index contributed by atoms with van der Waals surface area (Å²) in [5, 5.41) is 9.70. The van der Waals surface area contributed by atoms with Crippen LogP contribution in [0.2, 0.25) is 5.02 Å². The van der Waals surface area contributed by atoms with Gasteiger partial charge in [-0.05, 0) is 42.0 Å². The molecule has 0 atom stereocenters. The predicted molar refractivity (Wildman–Crippen MR) is 111 cm³/mol. The SMILES string of the molecule is O=C(NO)c1ccc(Cc2nc3ccccc3c(=O)n2-c2ccccc2Cl)cc1. The lowest BCUT2D eigenvalue weighted by atomic mass is 10.1. The van der Waals surface area contributed by atoms with Crippen LogP contribution in [0, 0.1) is 0 Å². The Morgan fingerprint density at radius 3 is 2.41 bits per heavy atom. The van der Waals surface area contributed by atoms with E-state index in [1.54, 1.807) is 66.1 Å². The Kier molecular flexibility index (Phi) is 5.12. The van der Waals surface area contributed by atoms with Gasteiger partial charge in [-0.2, -0.15) is 0 Å². The number of carbonyl (C=O) groups is 1. The molecule has 0 radical (unpaired) electrons. The van der Waals surface area contributed by atoms with Crippen molar-refractivity contribution in [3.05, 3.63) is 105 Å². The van der Waals surface area contributed by atoms with Crippen LogP contribution in [0.25, 0.3) is 16.6 Å². The minimum atomic E-state index is -0.589. The van der Waals surface area contributed by atoms with Crippen LogP contribution in [-0.4, -0.2) is 20.7 Å². The Labute approximate surface area is 171 Å². The fraction of sp³-hybridized carbons (Fsp3) is 0.0455. The molecule has 29 heavy (non-hydrogen) atoms. The molecule has 0 bridgehead atoms. The normalized spacial score (nSPS) is 10.8. The summed E-state index contributed by atoms with van der Waals surface area (Å²) in [6.45, 7) is 0. The maximum atomic E-state index is 13.3. The monoisotopic (exact) mass is 405 g/mol. The highest BCUT2D eigenvalue weighted by Gasteiger charge is 2.15. The average molecular weight is 406 g/mol. The second kappa shape index (κ2) is 7.87. The quantitative estimate of drug-likeness (QED) is 0.400.